The first-order chi connectivity index (χ1) is 17.6. The van der Waals surface area contributed by atoms with E-state index < -0.39 is 23.6 Å². The largest absolute Gasteiger partial charge is 0.457 e. The first kappa shape index (κ1) is 25.5. The van der Waals surface area contributed by atoms with Crippen molar-refractivity contribution < 1.29 is 31.9 Å². The average molecular weight is 511 g/mol. The zero-order valence-electron chi connectivity index (χ0n) is 19.5. The van der Waals surface area contributed by atoms with Gasteiger partial charge in [0, 0.05) is 25.4 Å². The lowest BCUT2D eigenvalue weighted by Crippen LogP contribution is -2.25. The number of aromatic nitrogens is 1. The number of halogens is 4. The van der Waals surface area contributed by atoms with E-state index in [4.69, 9.17) is 4.74 Å². The van der Waals surface area contributed by atoms with Crippen molar-refractivity contribution >= 4 is 17.5 Å². The minimum absolute atomic E-state index is 0.00594. The van der Waals surface area contributed by atoms with Gasteiger partial charge in [-0.05, 0) is 72.3 Å². The molecule has 0 aliphatic heterocycles. The maximum absolute atomic E-state index is 13.8. The third kappa shape index (κ3) is 6.35. The predicted molar refractivity (Wildman–Crippen MR) is 129 cm³/mol. The van der Waals surface area contributed by atoms with E-state index in [1.54, 1.807) is 24.3 Å². The van der Waals surface area contributed by atoms with E-state index in [0.717, 1.165) is 16.2 Å². The van der Waals surface area contributed by atoms with Crippen molar-refractivity contribution in [3.63, 3.8) is 0 Å². The number of nitrogens with one attached hydrogen (secondary N) is 2. The fourth-order valence-electron chi connectivity index (χ4n) is 3.62. The number of carbonyl (C=O) groups is 2. The summed E-state index contributed by atoms with van der Waals surface area (Å²) in [5.74, 6) is -0.474. The van der Waals surface area contributed by atoms with Gasteiger partial charge in [0.2, 0.25) is 5.91 Å². The number of anilines is 1. The first-order valence-electron chi connectivity index (χ1n) is 11.1. The number of amides is 2. The molecule has 0 saturated heterocycles. The quantitative estimate of drug-likeness (QED) is 0.286. The zero-order chi connectivity index (χ0) is 26.6. The van der Waals surface area contributed by atoms with Gasteiger partial charge in [0.25, 0.3) is 5.91 Å². The van der Waals surface area contributed by atoms with Crippen LogP contribution >= 0.6 is 0 Å². The minimum Gasteiger partial charge on any atom is -0.457 e. The summed E-state index contributed by atoms with van der Waals surface area (Å²) in [4.78, 5) is 24.1. The highest BCUT2D eigenvalue weighted by atomic mass is 19.4. The first-order valence-corrected chi connectivity index (χ1v) is 11.1. The molecule has 0 fully saturated rings. The molecule has 0 aliphatic carbocycles. The van der Waals surface area contributed by atoms with E-state index in [1.165, 1.54) is 61.7 Å². The smallest absolute Gasteiger partial charge is 0.418 e. The van der Waals surface area contributed by atoms with Crippen molar-refractivity contribution in [1.29, 1.82) is 0 Å². The standard InChI is InChI=1S/C27H21F4N3O3/c1-17(35)33-20-8-13-24(23(15-20)27(29,30)31)34-14-2-3-25(34)26(36)32-16-18-4-9-21(10-5-18)37-22-11-6-19(28)7-12-22/h2-15H,16H2,1H3,(H,32,36)(H,33,35). The number of benzene rings is 3. The number of nitrogens with zero attached hydrogens (tertiary/aromatic N) is 1. The molecule has 4 rings (SSSR count). The van der Waals surface area contributed by atoms with E-state index in [1.807, 2.05) is 0 Å². The van der Waals surface area contributed by atoms with Gasteiger partial charge < -0.3 is 19.9 Å². The maximum atomic E-state index is 13.8. The summed E-state index contributed by atoms with van der Waals surface area (Å²) in [5.41, 5.74) is -0.518. The van der Waals surface area contributed by atoms with Crippen molar-refractivity contribution in [3.05, 3.63) is 108 Å². The second kappa shape index (κ2) is 10.6. The van der Waals surface area contributed by atoms with Crippen LogP contribution in [-0.4, -0.2) is 16.4 Å². The van der Waals surface area contributed by atoms with E-state index in [-0.39, 0.29) is 29.4 Å². The summed E-state index contributed by atoms with van der Waals surface area (Å²) in [6.07, 6.45) is -3.36. The number of alkyl halides is 3. The van der Waals surface area contributed by atoms with Gasteiger partial charge in [-0.1, -0.05) is 12.1 Å². The third-order valence-electron chi connectivity index (χ3n) is 5.29. The van der Waals surface area contributed by atoms with Crippen molar-refractivity contribution in [1.82, 2.24) is 9.88 Å². The molecule has 0 saturated carbocycles. The number of hydrogen-bond acceptors (Lipinski definition) is 3. The van der Waals surface area contributed by atoms with Crippen LogP contribution in [0.5, 0.6) is 11.5 Å². The van der Waals surface area contributed by atoms with Gasteiger partial charge in [-0.3, -0.25) is 9.59 Å². The van der Waals surface area contributed by atoms with Gasteiger partial charge in [-0.2, -0.15) is 13.2 Å². The molecular weight excluding hydrogens is 490 g/mol. The molecule has 1 aromatic heterocycles. The van der Waals surface area contributed by atoms with Crippen LogP contribution < -0.4 is 15.4 Å². The topological polar surface area (TPSA) is 72.4 Å². The number of rotatable bonds is 7. The Labute approximate surface area is 209 Å². The van der Waals surface area contributed by atoms with E-state index >= 15 is 0 Å². The van der Waals surface area contributed by atoms with Crippen LogP contribution in [0.25, 0.3) is 5.69 Å². The molecule has 0 aliphatic rings. The fraction of sp³-hybridized carbons (Fsp3) is 0.111. The lowest BCUT2D eigenvalue weighted by atomic mass is 10.1. The molecule has 1 heterocycles. The highest BCUT2D eigenvalue weighted by Gasteiger charge is 2.35. The van der Waals surface area contributed by atoms with Gasteiger partial charge in [-0.15, -0.1) is 0 Å². The van der Waals surface area contributed by atoms with Crippen molar-refractivity contribution in [2.75, 3.05) is 5.32 Å². The molecule has 6 nitrogen and oxygen atoms in total. The lowest BCUT2D eigenvalue weighted by molar-refractivity contribution is -0.137. The van der Waals surface area contributed by atoms with Gasteiger partial charge in [-0.25, -0.2) is 4.39 Å². The minimum atomic E-state index is -4.72. The summed E-state index contributed by atoms with van der Waals surface area (Å²) < 4.78 is 61.2. The number of ether oxygens (including phenoxy) is 1. The Morgan fingerprint density at radius 3 is 2.19 bits per heavy atom. The van der Waals surface area contributed by atoms with Crippen molar-refractivity contribution in [3.8, 4) is 17.2 Å². The Hall–Kier alpha value is -4.60. The predicted octanol–water partition coefficient (Wildman–Crippen LogP) is 6.32. The normalized spacial score (nSPS) is 11.2. The van der Waals surface area contributed by atoms with Crippen molar-refractivity contribution in [2.24, 2.45) is 0 Å². The Kier molecular flexibility index (Phi) is 7.28. The molecule has 0 bridgehead atoms. The molecule has 3 aromatic carbocycles. The summed E-state index contributed by atoms with van der Waals surface area (Å²) in [7, 11) is 0. The lowest BCUT2D eigenvalue weighted by Gasteiger charge is -2.17. The molecule has 2 amide bonds. The molecule has 0 unspecified atom stereocenters. The van der Waals surface area contributed by atoms with E-state index in [9.17, 15) is 27.2 Å². The van der Waals surface area contributed by atoms with Crippen LogP contribution in [-0.2, 0) is 17.5 Å². The van der Waals surface area contributed by atoms with Crippen LogP contribution in [0.4, 0.5) is 23.2 Å². The summed E-state index contributed by atoms with van der Waals surface area (Å²) in [5, 5.41) is 5.04. The van der Waals surface area contributed by atoms with Crippen LogP contribution in [0.1, 0.15) is 28.5 Å². The molecular formula is C27H21F4N3O3. The van der Waals surface area contributed by atoms with E-state index in [0.29, 0.717) is 11.5 Å². The van der Waals surface area contributed by atoms with Crippen LogP contribution in [0.2, 0.25) is 0 Å². The van der Waals surface area contributed by atoms with Crippen molar-refractivity contribution in [2.45, 2.75) is 19.6 Å². The van der Waals surface area contributed by atoms with Gasteiger partial charge >= 0.3 is 6.18 Å². The van der Waals surface area contributed by atoms with Gasteiger partial charge in [0.15, 0.2) is 0 Å². The number of carbonyl (C=O) groups excluding carboxylic acids is 2. The Morgan fingerprint density at radius 1 is 0.919 bits per heavy atom. The van der Waals surface area contributed by atoms with Crippen LogP contribution in [0.15, 0.2) is 85.1 Å². The molecule has 2 N–H and O–H groups in total. The fourth-order valence-corrected chi connectivity index (χ4v) is 3.62. The molecule has 37 heavy (non-hydrogen) atoms. The average Bonchev–Trinajstić information content (AvgIpc) is 3.34. The second-order valence-electron chi connectivity index (χ2n) is 8.06. The van der Waals surface area contributed by atoms with Crippen LogP contribution in [0, 0.1) is 5.82 Å². The molecule has 4 aromatic rings. The van der Waals surface area contributed by atoms with Gasteiger partial charge in [0.05, 0.1) is 11.3 Å². The maximum Gasteiger partial charge on any atom is 0.418 e. The Bertz CT molecular complexity index is 1410. The summed E-state index contributed by atoms with van der Waals surface area (Å²) in [6.45, 7) is 1.32. The Balaban J connectivity index is 1.47. The summed E-state index contributed by atoms with van der Waals surface area (Å²) in [6, 6.07) is 18.6. The Morgan fingerprint density at radius 2 is 1.57 bits per heavy atom. The molecule has 10 heteroatoms. The highest BCUT2D eigenvalue weighted by molar-refractivity contribution is 5.93. The SMILES string of the molecule is CC(=O)Nc1ccc(-n2cccc2C(=O)NCc2ccc(Oc3ccc(F)cc3)cc2)c(C(F)(F)F)c1. The molecule has 0 atom stereocenters. The summed E-state index contributed by atoms with van der Waals surface area (Å²) >= 11 is 0. The molecule has 190 valence electrons. The monoisotopic (exact) mass is 511 g/mol. The second-order valence-corrected chi connectivity index (χ2v) is 8.06. The third-order valence-corrected chi connectivity index (χ3v) is 5.29. The molecule has 0 radical (unpaired) electrons. The van der Waals surface area contributed by atoms with E-state index in [2.05, 4.69) is 10.6 Å². The molecule has 0 spiro atoms. The highest BCUT2D eigenvalue weighted by Crippen LogP contribution is 2.36. The van der Waals surface area contributed by atoms with Gasteiger partial charge in [0.1, 0.15) is 23.0 Å². The number of hydrogen-bond donors (Lipinski definition) is 2. The van der Waals surface area contributed by atoms with Crippen LogP contribution in [0.3, 0.4) is 0 Å². The zero-order valence-corrected chi connectivity index (χ0v) is 19.5.